The Morgan fingerprint density at radius 2 is 1.81 bits per heavy atom. The number of amidine groups is 1. The molecule has 0 radical (unpaired) electrons. The number of aliphatic imine (C=N–C) groups is 1. The predicted octanol–water partition coefficient (Wildman–Crippen LogP) is 3.95. The lowest BCUT2D eigenvalue weighted by Crippen LogP contribution is -2.35. The van der Waals surface area contributed by atoms with Gasteiger partial charge in [0, 0.05) is 42.8 Å². The molecule has 31 heavy (non-hydrogen) atoms. The van der Waals surface area contributed by atoms with Crippen molar-refractivity contribution in [1.82, 2.24) is 4.90 Å². The molecule has 0 saturated heterocycles. The molecule has 0 saturated carbocycles. The molecular weight excluding hydrogens is 390 g/mol. The number of carbonyl (C=O) groups excluding carboxylic acids is 2. The molecule has 0 aliphatic carbocycles. The summed E-state index contributed by atoms with van der Waals surface area (Å²) in [6.45, 7) is 4.77. The number of hydrogen-bond donors (Lipinski definition) is 2. The third-order valence-electron chi connectivity index (χ3n) is 5.26. The van der Waals surface area contributed by atoms with Crippen molar-refractivity contribution in [1.29, 1.82) is 0 Å². The number of carbonyl (C=O) groups is 2. The maximum atomic E-state index is 13.1. The first-order chi connectivity index (χ1) is 14.9. The highest BCUT2D eigenvalue weighted by atomic mass is 16.3. The van der Waals surface area contributed by atoms with Crippen LogP contribution in [-0.4, -0.2) is 47.2 Å². The second kappa shape index (κ2) is 10.2. The van der Waals surface area contributed by atoms with Crippen molar-refractivity contribution in [2.75, 3.05) is 19.7 Å². The molecule has 162 valence electrons. The van der Waals surface area contributed by atoms with Gasteiger partial charge >= 0.3 is 0 Å². The van der Waals surface area contributed by atoms with Gasteiger partial charge in [0.2, 0.25) is 5.91 Å². The van der Waals surface area contributed by atoms with Crippen LogP contribution in [0.5, 0.6) is 0 Å². The van der Waals surface area contributed by atoms with Crippen LogP contribution in [0.15, 0.2) is 53.0 Å². The highest BCUT2D eigenvalue weighted by molar-refractivity contribution is 6.05. The van der Waals surface area contributed by atoms with Crippen molar-refractivity contribution in [3.05, 3.63) is 59.2 Å². The number of amides is 1. The van der Waals surface area contributed by atoms with Gasteiger partial charge in [0.05, 0.1) is 5.69 Å². The van der Waals surface area contributed by atoms with E-state index in [2.05, 4.69) is 4.99 Å². The van der Waals surface area contributed by atoms with Gasteiger partial charge in [0.25, 0.3) is 0 Å². The van der Waals surface area contributed by atoms with Gasteiger partial charge in [-0.1, -0.05) is 43.3 Å². The van der Waals surface area contributed by atoms with E-state index in [1.807, 2.05) is 55.5 Å². The summed E-state index contributed by atoms with van der Waals surface area (Å²) in [5.41, 5.74) is 10.9. The number of benzene rings is 2. The average Bonchev–Trinajstić information content (AvgIpc) is 2.93. The van der Waals surface area contributed by atoms with Gasteiger partial charge < -0.3 is 15.7 Å². The summed E-state index contributed by atoms with van der Waals surface area (Å²) in [5, 5.41) is 9.15. The molecule has 3 rings (SSSR count). The van der Waals surface area contributed by atoms with E-state index in [0.29, 0.717) is 42.2 Å². The second-order valence-electron chi connectivity index (χ2n) is 7.73. The van der Waals surface area contributed by atoms with Crippen LogP contribution in [0.1, 0.15) is 49.0 Å². The Morgan fingerprint density at radius 1 is 1.10 bits per heavy atom. The molecule has 0 spiro atoms. The summed E-state index contributed by atoms with van der Waals surface area (Å²) in [5.74, 6) is 0.357. The maximum Gasteiger partial charge on any atom is 0.250 e. The summed E-state index contributed by atoms with van der Waals surface area (Å²) in [6.07, 6.45) is 3.54. The van der Waals surface area contributed by atoms with Crippen LogP contribution in [-0.2, 0) is 4.79 Å². The molecule has 2 aromatic rings. The number of fused-ring (bicyclic) bond motifs is 1. The third kappa shape index (κ3) is 5.47. The van der Waals surface area contributed by atoms with Crippen LogP contribution in [0.3, 0.4) is 0 Å². The average molecular weight is 420 g/mol. The summed E-state index contributed by atoms with van der Waals surface area (Å²) < 4.78 is 0. The Balaban J connectivity index is 1.92. The Hall–Kier alpha value is -3.25. The van der Waals surface area contributed by atoms with Gasteiger partial charge in [0.15, 0.2) is 5.78 Å². The largest absolute Gasteiger partial charge is 0.396 e. The standard InChI is InChI=1S/C25H29N3O3/c1-3-11-28(12-4-13-29)25(31)22-14-21-10-9-20(15-23(21)27-24(26)16-22)19-7-5-18(6-8-19)17(2)30/h5-10,14-15,29H,3-4,11-13,16H2,1-2H3,(H2,26,27). The number of rotatable bonds is 8. The van der Waals surface area contributed by atoms with Gasteiger partial charge in [0.1, 0.15) is 5.84 Å². The highest BCUT2D eigenvalue weighted by Crippen LogP contribution is 2.32. The van der Waals surface area contributed by atoms with E-state index in [1.165, 1.54) is 0 Å². The van der Waals surface area contributed by atoms with E-state index in [4.69, 9.17) is 10.8 Å². The number of ketones is 1. The minimum absolute atomic E-state index is 0.0318. The smallest absolute Gasteiger partial charge is 0.250 e. The van der Waals surface area contributed by atoms with E-state index in [1.54, 1.807) is 11.8 Å². The van der Waals surface area contributed by atoms with Crippen molar-refractivity contribution in [2.45, 2.75) is 33.1 Å². The summed E-state index contributed by atoms with van der Waals surface area (Å²) in [6, 6.07) is 13.3. The molecule has 1 heterocycles. The van der Waals surface area contributed by atoms with Crippen LogP contribution in [0.25, 0.3) is 17.2 Å². The molecule has 1 amide bonds. The lowest BCUT2D eigenvalue weighted by atomic mass is 9.99. The first-order valence-electron chi connectivity index (χ1n) is 10.6. The summed E-state index contributed by atoms with van der Waals surface area (Å²) >= 11 is 0. The molecule has 6 heteroatoms. The molecule has 0 unspecified atom stereocenters. The quantitative estimate of drug-likeness (QED) is 0.633. The van der Waals surface area contributed by atoms with Gasteiger partial charge in [-0.2, -0.15) is 0 Å². The Kier molecular flexibility index (Phi) is 7.36. The lowest BCUT2D eigenvalue weighted by Gasteiger charge is -2.23. The molecule has 6 nitrogen and oxygen atoms in total. The van der Waals surface area contributed by atoms with Crippen molar-refractivity contribution in [2.24, 2.45) is 10.7 Å². The van der Waals surface area contributed by atoms with E-state index in [-0.39, 0.29) is 24.7 Å². The molecule has 0 atom stereocenters. The molecule has 3 N–H and O–H groups in total. The number of hydrogen-bond acceptors (Lipinski definition) is 5. The molecule has 1 aliphatic rings. The fourth-order valence-electron chi connectivity index (χ4n) is 3.65. The molecular formula is C25H29N3O3. The van der Waals surface area contributed by atoms with Gasteiger partial charge in [-0.15, -0.1) is 0 Å². The SMILES string of the molecule is CCCN(CCCO)C(=O)C1=Cc2ccc(-c3ccc(C(C)=O)cc3)cc2N=C(N)C1. The van der Waals surface area contributed by atoms with Crippen LogP contribution < -0.4 is 5.73 Å². The molecule has 0 aromatic heterocycles. The van der Waals surface area contributed by atoms with E-state index < -0.39 is 0 Å². The highest BCUT2D eigenvalue weighted by Gasteiger charge is 2.21. The van der Waals surface area contributed by atoms with Gasteiger partial charge in [-0.25, -0.2) is 4.99 Å². The van der Waals surface area contributed by atoms with Crippen LogP contribution in [0.4, 0.5) is 5.69 Å². The normalized spacial score (nSPS) is 13.0. The molecule has 0 fully saturated rings. The van der Waals surface area contributed by atoms with E-state index in [9.17, 15) is 9.59 Å². The first kappa shape index (κ1) is 22.4. The lowest BCUT2D eigenvalue weighted by molar-refractivity contribution is -0.127. The minimum atomic E-state index is -0.0646. The fraction of sp³-hybridized carbons (Fsp3) is 0.320. The summed E-state index contributed by atoms with van der Waals surface area (Å²) in [7, 11) is 0. The number of nitrogens with zero attached hydrogens (tertiary/aromatic N) is 2. The predicted molar refractivity (Wildman–Crippen MR) is 124 cm³/mol. The minimum Gasteiger partial charge on any atom is -0.396 e. The fourth-order valence-corrected chi connectivity index (χ4v) is 3.65. The van der Waals surface area contributed by atoms with Crippen molar-refractivity contribution in [3.63, 3.8) is 0 Å². The van der Waals surface area contributed by atoms with Gasteiger partial charge in [-0.05, 0) is 43.0 Å². The molecule has 0 bridgehead atoms. The van der Waals surface area contributed by atoms with Gasteiger partial charge in [-0.3, -0.25) is 9.59 Å². The number of aliphatic hydroxyl groups is 1. The summed E-state index contributed by atoms with van der Waals surface area (Å²) in [4.78, 5) is 30.9. The van der Waals surface area contributed by atoms with Crippen LogP contribution >= 0.6 is 0 Å². The maximum absolute atomic E-state index is 13.1. The van der Waals surface area contributed by atoms with Crippen LogP contribution in [0, 0.1) is 0 Å². The third-order valence-corrected chi connectivity index (χ3v) is 5.26. The second-order valence-corrected chi connectivity index (χ2v) is 7.73. The number of Topliss-reactive ketones (excluding diaryl/α,β-unsaturated/α-hetero) is 1. The van der Waals surface area contributed by atoms with E-state index in [0.717, 1.165) is 23.1 Å². The van der Waals surface area contributed by atoms with Crippen molar-refractivity contribution >= 4 is 29.3 Å². The topological polar surface area (TPSA) is 96.0 Å². The molecule has 2 aromatic carbocycles. The molecule has 1 aliphatic heterocycles. The van der Waals surface area contributed by atoms with E-state index >= 15 is 0 Å². The monoisotopic (exact) mass is 419 g/mol. The van der Waals surface area contributed by atoms with Crippen molar-refractivity contribution < 1.29 is 14.7 Å². The zero-order chi connectivity index (χ0) is 22.4. The first-order valence-corrected chi connectivity index (χ1v) is 10.6. The Labute approximate surface area is 183 Å². The zero-order valence-corrected chi connectivity index (χ0v) is 18.1. The zero-order valence-electron chi connectivity index (χ0n) is 18.1. The number of nitrogens with two attached hydrogens (primary N) is 1. The number of aliphatic hydroxyl groups excluding tert-OH is 1. The van der Waals surface area contributed by atoms with Crippen molar-refractivity contribution in [3.8, 4) is 11.1 Å². The Bertz CT molecular complexity index is 1020. The van der Waals surface area contributed by atoms with Crippen LogP contribution in [0.2, 0.25) is 0 Å². The Morgan fingerprint density at radius 3 is 2.45 bits per heavy atom.